The van der Waals surface area contributed by atoms with Crippen LogP contribution in [0.2, 0.25) is 0 Å². The third kappa shape index (κ3) is 4.53. The molecule has 1 aromatic carbocycles. The summed E-state index contributed by atoms with van der Waals surface area (Å²) in [6.07, 6.45) is 3.54. The fourth-order valence-corrected chi connectivity index (χ4v) is 4.56. The minimum atomic E-state index is -3.45. The zero-order valence-corrected chi connectivity index (χ0v) is 13.6. The molecule has 0 radical (unpaired) electrons. The Hall–Kier alpha value is -0.910. The number of aliphatic hydroxyl groups excluding tert-OH is 1. The number of aliphatic hydroxyl groups is 1. The number of sulfonamides is 1. The van der Waals surface area contributed by atoms with E-state index >= 15 is 0 Å². The van der Waals surface area contributed by atoms with E-state index in [4.69, 9.17) is 5.11 Å². The first-order chi connectivity index (χ1) is 9.90. The van der Waals surface area contributed by atoms with E-state index in [9.17, 15) is 8.42 Å². The molecule has 2 unspecified atom stereocenters. The maximum absolute atomic E-state index is 12.4. The summed E-state index contributed by atoms with van der Waals surface area (Å²) in [5.74, 6) is 1.13. The first kappa shape index (κ1) is 16.5. The predicted octanol–water partition coefficient (Wildman–Crippen LogP) is 2.32. The van der Waals surface area contributed by atoms with Gasteiger partial charge in [0.05, 0.1) is 4.90 Å². The van der Waals surface area contributed by atoms with Gasteiger partial charge in [0, 0.05) is 12.6 Å². The van der Waals surface area contributed by atoms with E-state index < -0.39 is 10.0 Å². The molecule has 0 heterocycles. The Balaban J connectivity index is 2.07. The monoisotopic (exact) mass is 311 g/mol. The number of benzene rings is 1. The lowest BCUT2D eigenvalue weighted by Gasteiger charge is -2.31. The number of hydrogen-bond donors (Lipinski definition) is 2. The van der Waals surface area contributed by atoms with Crippen molar-refractivity contribution in [1.29, 1.82) is 0 Å². The largest absolute Gasteiger partial charge is 0.396 e. The molecule has 1 aromatic rings. The molecule has 21 heavy (non-hydrogen) atoms. The molecule has 1 saturated carbocycles. The van der Waals surface area contributed by atoms with Gasteiger partial charge in [0.2, 0.25) is 10.0 Å². The molecule has 2 atom stereocenters. The second-order valence-corrected chi connectivity index (χ2v) is 8.07. The molecule has 1 fully saturated rings. The highest BCUT2D eigenvalue weighted by molar-refractivity contribution is 7.89. The third-order valence-electron chi connectivity index (χ3n) is 4.13. The molecule has 0 amide bonds. The molecule has 118 valence electrons. The molecule has 0 spiro atoms. The summed E-state index contributed by atoms with van der Waals surface area (Å²) >= 11 is 0. The van der Waals surface area contributed by atoms with E-state index in [1.807, 2.05) is 0 Å². The van der Waals surface area contributed by atoms with Crippen LogP contribution in [0.5, 0.6) is 0 Å². The van der Waals surface area contributed by atoms with Crippen molar-refractivity contribution in [2.24, 2.45) is 11.8 Å². The van der Waals surface area contributed by atoms with E-state index in [0.717, 1.165) is 18.4 Å². The molecule has 2 N–H and O–H groups in total. The lowest BCUT2D eigenvalue weighted by Crippen LogP contribution is -2.39. The number of hydrogen-bond acceptors (Lipinski definition) is 3. The predicted molar refractivity (Wildman–Crippen MR) is 83.5 cm³/mol. The van der Waals surface area contributed by atoms with Crippen molar-refractivity contribution >= 4 is 10.0 Å². The Morgan fingerprint density at radius 3 is 2.19 bits per heavy atom. The zero-order valence-electron chi connectivity index (χ0n) is 12.7. The molecule has 1 aliphatic rings. The zero-order chi connectivity index (χ0) is 15.5. The van der Waals surface area contributed by atoms with Gasteiger partial charge in [-0.3, -0.25) is 0 Å². The van der Waals surface area contributed by atoms with Crippen LogP contribution in [0.3, 0.4) is 0 Å². The first-order valence-corrected chi connectivity index (χ1v) is 9.11. The van der Waals surface area contributed by atoms with Crippen LogP contribution >= 0.6 is 0 Å². The van der Waals surface area contributed by atoms with Gasteiger partial charge < -0.3 is 5.11 Å². The second kappa shape index (κ2) is 6.90. The smallest absolute Gasteiger partial charge is 0.240 e. The van der Waals surface area contributed by atoms with Gasteiger partial charge in [-0.2, -0.15) is 0 Å². The molecule has 0 bridgehead atoms. The molecule has 0 aromatic heterocycles. The Bertz CT molecular complexity index is 543. The molecule has 0 aliphatic heterocycles. The summed E-state index contributed by atoms with van der Waals surface area (Å²) in [6, 6.07) is 6.78. The fourth-order valence-electron chi connectivity index (χ4n) is 3.30. The van der Waals surface area contributed by atoms with E-state index in [2.05, 4.69) is 18.6 Å². The SMILES string of the molecule is CC1CC(C)CC(NS(=O)(=O)c2ccc(CCO)cc2)C1. The minimum Gasteiger partial charge on any atom is -0.396 e. The molecule has 0 saturated heterocycles. The summed E-state index contributed by atoms with van der Waals surface area (Å²) in [5, 5.41) is 8.88. The van der Waals surface area contributed by atoms with Crippen molar-refractivity contribution < 1.29 is 13.5 Å². The summed E-state index contributed by atoms with van der Waals surface area (Å²) < 4.78 is 27.7. The van der Waals surface area contributed by atoms with Crippen molar-refractivity contribution in [2.75, 3.05) is 6.61 Å². The summed E-state index contributed by atoms with van der Waals surface area (Å²) in [7, 11) is -3.45. The Kier molecular flexibility index (Phi) is 5.41. The van der Waals surface area contributed by atoms with Gasteiger partial charge >= 0.3 is 0 Å². The van der Waals surface area contributed by atoms with Crippen LogP contribution < -0.4 is 4.72 Å². The fraction of sp³-hybridized carbons (Fsp3) is 0.625. The normalized spacial score (nSPS) is 26.7. The van der Waals surface area contributed by atoms with Crippen LogP contribution in [-0.2, 0) is 16.4 Å². The molecular formula is C16H25NO3S. The molecule has 4 nitrogen and oxygen atoms in total. The first-order valence-electron chi connectivity index (χ1n) is 7.63. The van der Waals surface area contributed by atoms with Crippen LogP contribution in [0.1, 0.15) is 38.7 Å². The van der Waals surface area contributed by atoms with Crippen LogP contribution in [0.25, 0.3) is 0 Å². The summed E-state index contributed by atoms with van der Waals surface area (Å²) in [4.78, 5) is 0.301. The van der Waals surface area contributed by atoms with Gasteiger partial charge in [-0.15, -0.1) is 0 Å². The number of rotatable bonds is 5. The second-order valence-electron chi connectivity index (χ2n) is 6.35. The van der Waals surface area contributed by atoms with Crippen molar-refractivity contribution in [3.63, 3.8) is 0 Å². The van der Waals surface area contributed by atoms with Gasteiger partial charge in [-0.25, -0.2) is 13.1 Å². The van der Waals surface area contributed by atoms with E-state index in [-0.39, 0.29) is 12.6 Å². The maximum Gasteiger partial charge on any atom is 0.240 e. The Morgan fingerprint density at radius 1 is 1.10 bits per heavy atom. The average Bonchev–Trinajstić information content (AvgIpc) is 2.38. The third-order valence-corrected chi connectivity index (χ3v) is 5.67. The molecule has 2 rings (SSSR count). The molecule has 1 aliphatic carbocycles. The lowest BCUT2D eigenvalue weighted by atomic mass is 9.81. The van der Waals surface area contributed by atoms with E-state index in [1.54, 1.807) is 24.3 Å². The highest BCUT2D eigenvalue weighted by Gasteiger charge is 2.27. The molecule has 5 heteroatoms. The highest BCUT2D eigenvalue weighted by Crippen LogP contribution is 2.29. The van der Waals surface area contributed by atoms with Crippen molar-refractivity contribution in [1.82, 2.24) is 4.72 Å². The molecular weight excluding hydrogens is 286 g/mol. The highest BCUT2D eigenvalue weighted by atomic mass is 32.2. The summed E-state index contributed by atoms with van der Waals surface area (Å²) in [6.45, 7) is 4.43. The van der Waals surface area contributed by atoms with Gasteiger partial charge in [0.15, 0.2) is 0 Å². The van der Waals surface area contributed by atoms with Crippen molar-refractivity contribution in [2.45, 2.75) is 50.5 Å². The van der Waals surface area contributed by atoms with E-state index in [1.165, 1.54) is 6.42 Å². The Labute approximate surface area is 127 Å². The van der Waals surface area contributed by atoms with Crippen LogP contribution in [0.15, 0.2) is 29.2 Å². The lowest BCUT2D eigenvalue weighted by molar-refractivity contribution is 0.257. The van der Waals surface area contributed by atoms with Gasteiger partial charge in [-0.1, -0.05) is 26.0 Å². The van der Waals surface area contributed by atoms with Crippen molar-refractivity contribution in [3.8, 4) is 0 Å². The topological polar surface area (TPSA) is 66.4 Å². The maximum atomic E-state index is 12.4. The van der Waals surface area contributed by atoms with Crippen LogP contribution in [0, 0.1) is 11.8 Å². The Morgan fingerprint density at radius 2 is 1.67 bits per heavy atom. The van der Waals surface area contributed by atoms with Crippen LogP contribution in [0.4, 0.5) is 0 Å². The van der Waals surface area contributed by atoms with Crippen molar-refractivity contribution in [3.05, 3.63) is 29.8 Å². The quantitative estimate of drug-likeness (QED) is 0.877. The average molecular weight is 311 g/mol. The minimum absolute atomic E-state index is 0.0332. The van der Waals surface area contributed by atoms with E-state index in [0.29, 0.717) is 23.2 Å². The van der Waals surface area contributed by atoms with Crippen LogP contribution in [-0.4, -0.2) is 26.2 Å². The summed E-state index contributed by atoms with van der Waals surface area (Å²) in [5.41, 5.74) is 0.941. The number of nitrogens with one attached hydrogen (secondary N) is 1. The standard InChI is InChI=1S/C16H25NO3S/c1-12-9-13(2)11-15(10-12)17-21(19,20)16-5-3-14(4-6-16)7-8-18/h3-6,12-13,15,17-18H,7-11H2,1-2H3. The van der Waals surface area contributed by atoms with Gasteiger partial charge in [0.1, 0.15) is 0 Å². The van der Waals surface area contributed by atoms with Gasteiger partial charge in [0.25, 0.3) is 0 Å². The van der Waals surface area contributed by atoms with Gasteiger partial charge in [-0.05, 0) is 55.2 Å².